The highest BCUT2D eigenvalue weighted by Gasteiger charge is 2.36. The Bertz CT molecular complexity index is 1650. The average Bonchev–Trinajstić information content (AvgIpc) is 3.60. The van der Waals surface area contributed by atoms with Crippen LogP contribution in [0.3, 0.4) is 0 Å². The maximum absolute atomic E-state index is 14.1. The molecule has 1 saturated heterocycles. The third-order valence-corrected chi connectivity index (χ3v) is 9.87. The van der Waals surface area contributed by atoms with Crippen molar-refractivity contribution in [1.29, 1.82) is 0 Å². The van der Waals surface area contributed by atoms with Gasteiger partial charge in [0.15, 0.2) is 0 Å². The Balaban J connectivity index is 1.23. The number of aryl methyl sites for hydroxylation is 2. The van der Waals surface area contributed by atoms with Crippen LogP contribution in [0.1, 0.15) is 28.1 Å². The van der Waals surface area contributed by atoms with E-state index in [0.29, 0.717) is 5.76 Å². The van der Waals surface area contributed by atoms with Gasteiger partial charge in [0, 0.05) is 81.4 Å². The molecular weight excluding hydrogens is 526 g/mol. The van der Waals surface area contributed by atoms with E-state index >= 15 is 0 Å². The number of hydrogen-bond donors (Lipinski definition) is 1. The summed E-state index contributed by atoms with van der Waals surface area (Å²) >= 11 is 0. The van der Waals surface area contributed by atoms with E-state index in [1.165, 1.54) is 31.2 Å². The third-order valence-electron chi connectivity index (χ3n) is 8.20. The second-order valence-electron chi connectivity index (χ2n) is 10.8. The van der Waals surface area contributed by atoms with Crippen molar-refractivity contribution in [2.45, 2.75) is 30.9 Å². The van der Waals surface area contributed by atoms with Gasteiger partial charge in [-0.1, -0.05) is 24.3 Å². The lowest BCUT2D eigenvalue weighted by Gasteiger charge is -2.42. The molecule has 1 atom stereocenters. The van der Waals surface area contributed by atoms with Crippen LogP contribution in [0.4, 0.5) is 11.4 Å². The highest BCUT2D eigenvalue weighted by atomic mass is 32.2. The number of anilines is 2. The molecule has 4 heterocycles. The van der Waals surface area contributed by atoms with Gasteiger partial charge in [0.1, 0.15) is 5.76 Å². The molecule has 2 aliphatic heterocycles. The minimum absolute atomic E-state index is 0.0368. The Morgan fingerprint density at radius 2 is 1.77 bits per heavy atom. The molecule has 10 heteroatoms. The maximum Gasteiger partial charge on any atom is 0.275 e. The number of carbonyl (C=O) groups is 1. The number of amides is 1. The number of piperazine rings is 1. The minimum Gasteiger partial charge on any atom is -0.448 e. The lowest BCUT2D eigenvalue weighted by Crippen LogP contribution is -2.54. The van der Waals surface area contributed by atoms with Crippen LogP contribution in [0.15, 0.2) is 70.3 Å². The fourth-order valence-corrected chi connectivity index (χ4v) is 6.83. The zero-order chi connectivity index (χ0) is 28.0. The van der Waals surface area contributed by atoms with E-state index in [1.54, 1.807) is 6.92 Å². The van der Waals surface area contributed by atoms with Crippen molar-refractivity contribution in [2.24, 2.45) is 0 Å². The highest BCUT2D eigenvalue weighted by Crippen LogP contribution is 2.34. The fourth-order valence-electron chi connectivity index (χ4n) is 5.97. The zero-order valence-corrected chi connectivity index (χ0v) is 23.9. The number of aromatic amines is 1. The van der Waals surface area contributed by atoms with Crippen LogP contribution in [0, 0.1) is 6.92 Å². The monoisotopic (exact) mass is 561 g/mol. The summed E-state index contributed by atoms with van der Waals surface area (Å²) in [5.41, 5.74) is 4.69. The van der Waals surface area contributed by atoms with Crippen molar-refractivity contribution >= 4 is 38.2 Å². The normalized spacial score (nSPS) is 18.4. The fraction of sp³-hybridized carbons (Fsp3) is 0.367. The second kappa shape index (κ2) is 10.4. The Morgan fingerprint density at radius 1 is 1.02 bits per heavy atom. The predicted molar refractivity (Wildman–Crippen MR) is 157 cm³/mol. The van der Waals surface area contributed by atoms with E-state index in [4.69, 9.17) is 4.42 Å². The first-order valence-corrected chi connectivity index (χ1v) is 15.2. The Labute approximate surface area is 235 Å². The Morgan fingerprint density at radius 3 is 2.55 bits per heavy atom. The maximum atomic E-state index is 14.1. The molecule has 40 heavy (non-hydrogen) atoms. The number of fused-ring (bicyclic) bond motifs is 2. The number of furan rings is 1. The molecule has 9 nitrogen and oxygen atoms in total. The van der Waals surface area contributed by atoms with E-state index < -0.39 is 10.0 Å². The van der Waals surface area contributed by atoms with Crippen molar-refractivity contribution in [3.8, 4) is 0 Å². The molecule has 0 bridgehead atoms. The summed E-state index contributed by atoms with van der Waals surface area (Å²) in [6.45, 7) is 6.02. The lowest BCUT2D eigenvalue weighted by atomic mass is 9.94. The van der Waals surface area contributed by atoms with Gasteiger partial charge in [0.2, 0.25) is 5.09 Å². The number of carbonyl (C=O) groups excluding carboxylic acids is 1. The topological polar surface area (TPSA) is 93.1 Å². The Hall–Kier alpha value is -3.60. The number of sulfonamides is 1. The van der Waals surface area contributed by atoms with Crippen LogP contribution in [0.25, 0.3) is 10.9 Å². The van der Waals surface area contributed by atoms with Gasteiger partial charge in [0.05, 0.1) is 11.6 Å². The molecule has 1 unspecified atom stereocenters. The minimum atomic E-state index is -3.80. The molecular formula is C30H35N5O4S. The summed E-state index contributed by atoms with van der Waals surface area (Å²) in [6, 6.07) is 17.8. The molecule has 1 fully saturated rings. The molecule has 0 saturated carbocycles. The van der Waals surface area contributed by atoms with Gasteiger partial charge in [-0.05, 0) is 49.6 Å². The largest absolute Gasteiger partial charge is 0.448 e. The van der Waals surface area contributed by atoms with Gasteiger partial charge >= 0.3 is 0 Å². The van der Waals surface area contributed by atoms with E-state index in [9.17, 15) is 13.2 Å². The first-order valence-electron chi connectivity index (χ1n) is 13.7. The van der Waals surface area contributed by atoms with Crippen LogP contribution in [0.5, 0.6) is 0 Å². The summed E-state index contributed by atoms with van der Waals surface area (Å²) in [5.74, 6) is 0.0798. The molecule has 0 radical (unpaired) electrons. The van der Waals surface area contributed by atoms with Crippen LogP contribution in [-0.4, -0.2) is 81.4 Å². The van der Waals surface area contributed by atoms with Gasteiger partial charge in [0.25, 0.3) is 15.9 Å². The summed E-state index contributed by atoms with van der Waals surface area (Å²) < 4.78 is 32.1. The van der Waals surface area contributed by atoms with Gasteiger partial charge in [-0.2, -0.15) is 0 Å². The number of para-hydroxylation sites is 1. The predicted octanol–water partition coefficient (Wildman–Crippen LogP) is 4.10. The number of hydrogen-bond acceptors (Lipinski definition) is 6. The number of nitrogens with one attached hydrogen (secondary N) is 1. The van der Waals surface area contributed by atoms with Gasteiger partial charge < -0.3 is 19.2 Å². The van der Waals surface area contributed by atoms with Crippen LogP contribution in [0.2, 0.25) is 0 Å². The molecule has 2 aromatic heterocycles. The zero-order valence-electron chi connectivity index (χ0n) is 23.1. The first kappa shape index (κ1) is 26.6. The highest BCUT2D eigenvalue weighted by molar-refractivity contribution is 7.88. The van der Waals surface area contributed by atoms with Crippen LogP contribution < -0.4 is 9.80 Å². The summed E-state index contributed by atoms with van der Waals surface area (Å²) in [4.78, 5) is 24.2. The molecule has 4 aromatic rings. The molecule has 0 aliphatic carbocycles. The van der Waals surface area contributed by atoms with E-state index in [-0.39, 0.29) is 22.6 Å². The van der Waals surface area contributed by atoms with Crippen molar-refractivity contribution in [3.63, 3.8) is 0 Å². The van der Waals surface area contributed by atoms with Crippen molar-refractivity contribution in [1.82, 2.24) is 14.2 Å². The third kappa shape index (κ3) is 4.70. The second-order valence-corrected chi connectivity index (χ2v) is 12.9. The molecule has 6 rings (SSSR count). The first-order chi connectivity index (χ1) is 19.2. The van der Waals surface area contributed by atoms with Crippen molar-refractivity contribution < 1.29 is 17.6 Å². The van der Waals surface area contributed by atoms with Crippen molar-refractivity contribution in [2.75, 3.05) is 56.6 Å². The summed E-state index contributed by atoms with van der Waals surface area (Å²) in [5, 5.41) is 1.02. The number of benzene rings is 2. The van der Waals surface area contributed by atoms with Crippen molar-refractivity contribution in [3.05, 3.63) is 77.7 Å². The molecule has 210 valence electrons. The molecule has 2 aromatic carbocycles. The Kier molecular flexibility index (Phi) is 6.93. The SMILES string of the molecule is Cc1oc(S(=O)(=O)N(C)C)cc1C(=O)N1c2ccccc2CCC1CN1CCN(c2cccc3[nH]ccc23)CC1. The van der Waals surface area contributed by atoms with Gasteiger partial charge in [-0.15, -0.1) is 0 Å². The van der Waals surface area contributed by atoms with E-state index in [0.717, 1.165) is 66.6 Å². The van der Waals surface area contributed by atoms with Gasteiger partial charge in [-0.3, -0.25) is 9.69 Å². The summed E-state index contributed by atoms with van der Waals surface area (Å²) in [7, 11) is -0.900. The molecule has 0 spiro atoms. The summed E-state index contributed by atoms with van der Waals surface area (Å²) in [6.07, 6.45) is 3.72. The lowest BCUT2D eigenvalue weighted by molar-refractivity contribution is 0.0961. The van der Waals surface area contributed by atoms with E-state index in [1.807, 2.05) is 29.3 Å². The molecule has 1 N–H and O–H groups in total. The molecule has 2 aliphatic rings. The quantitative estimate of drug-likeness (QED) is 0.381. The number of rotatable bonds is 6. The standard InChI is InChI=1S/C30H35N5O4S/c1-21-25(19-29(39-21)40(37,38)32(2)3)30(36)35-23(12-11-22-7-4-5-9-27(22)35)20-33-15-17-34(18-16-33)28-10-6-8-26-24(28)13-14-31-26/h4-10,13-14,19,23,31H,11-12,15-18,20H2,1-3H3. The average molecular weight is 562 g/mol. The smallest absolute Gasteiger partial charge is 0.275 e. The van der Waals surface area contributed by atoms with Crippen LogP contribution >= 0.6 is 0 Å². The number of nitrogens with zero attached hydrogens (tertiary/aromatic N) is 4. The van der Waals surface area contributed by atoms with E-state index in [2.05, 4.69) is 45.1 Å². The number of aromatic nitrogens is 1. The number of H-pyrrole nitrogens is 1. The van der Waals surface area contributed by atoms with Gasteiger partial charge in [-0.25, -0.2) is 12.7 Å². The van der Waals surface area contributed by atoms with Crippen LogP contribution in [-0.2, 0) is 16.4 Å². The molecule has 1 amide bonds.